The molecule has 1 saturated heterocycles. The molecule has 0 spiro atoms. The van der Waals surface area contributed by atoms with Gasteiger partial charge >= 0.3 is 6.09 Å². The zero-order valence-corrected chi connectivity index (χ0v) is 21.7. The van der Waals surface area contributed by atoms with Crippen LogP contribution < -0.4 is 9.47 Å². The van der Waals surface area contributed by atoms with Crippen molar-refractivity contribution in [1.82, 2.24) is 4.90 Å². The summed E-state index contributed by atoms with van der Waals surface area (Å²) in [5, 5.41) is 20.8. The lowest BCUT2D eigenvalue weighted by Gasteiger charge is -2.41. The van der Waals surface area contributed by atoms with E-state index in [1.807, 2.05) is 48.5 Å². The lowest BCUT2D eigenvalue weighted by molar-refractivity contribution is -0.0245. The number of aliphatic hydroxyl groups excluding tert-OH is 2. The molecule has 1 aliphatic heterocycles. The van der Waals surface area contributed by atoms with Gasteiger partial charge in [0.2, 0.25) is 0 Å². The van der Waals surface area contributed by atoms with E-state index in [2.05, 4.69) is 0 Å². The number of para-hydroxylation sites is 1. The van der Waals surface area contributed by atoms with E-state index in [9.17, 15) is 15.0 Å². The number of rotatable bonds is 10. The summed E-state index contributed by atoms with van der Waals surface area (Å²) in [6.07, 6.45) is -0.546. The standard InChI is InChI=1S/C28H39NO7/c1-28(2,3)36-27(32)29-16-22(18-30)26(24(31)17-29)20-10-12-23(13-11-20)35-15-7-14-34-19-21-8-5-6-9-25(21)33-4/h5-6,8-13,22,24,26,30-31H,7,14-19H2,1-4H3/t22-,24-,26-/m0/s1. The second-order valence-electron chi connectivity index (χ2n) is 10.1. The van der Waals surface area contributed by atoms with Crippen molar-refractivity contribution in [2.24, 2.45) is 5.92 Å². The summed E-state index contributed by atoms with van der Waals surface area (Å²) in [5.41, 5.74) is 1.29. The largest absolute Gasteiger partial charge is 0.496 e. The Morgan fingerprint density at radius 2 is 1.78 bits per heavy atom. The van der Waals surface area contributed by atoms with Gasteiger partial charge in [0, 0.05) is 37.0 Å². The highest BCUT2D eigenvalue weighted by Gasteiger charge is 2.39. The average molecular weight is 502 g/mol. The third-order valence-electron chi connectivity index (χ3n) is 6.09. The van der Waals surface area contributed by atoms with Gasteiger partial charge in [0.25, 0.3) is 0 Å². The minimum absolute atomic E-state index is 0.145. The zero-order chi connectivity index (χ0) is 26.1. The van der Waals surface area contributed by atoms with E-state index >= 15 is 0 Å². The smallest absolute Gasteiger partial charge is 0.410 e. The van der Waals surface area contributed by atoms with Gasteiger partial charge in [-0.25, -0.2) is 4.79 Å². The number of amides is 1. The van der Waals surface area contributed by atoms with Crippen LogP contribution in [0.25, 0.3) is 0 Å². The van der Waals surface area contributed by atoms with Gasteiger partial charge in [-0.2, -0.15) is 0 Å². The lowest BCUT2D eigenvalue weighted by atomic mass is 9.79. The van der Waals surface area contributed by atoms with Gasteiger partial charge in [0.1, 0.15) is 17.1 Å². The molecule has 1 aliphatic rings. The van der Waals surface area contributed by atoms with E-state index in [1.165, 1.54) is 4.90 Å². The van der Waals surface area contributed by atoms with Crippen LogP contribution in [0.15, 0.2) is 48.5 Å². The number of nitrogens with zero attached hydrogens (tertiary/aromatic N) is 1. The molecule has 1 heterocycles. The number of carbonyl (C=O) groups excluding carboxylic acids is 1. The lowest BCUT2D eigenvalue weighted by Crippen LogP contribution is -2.52. The van der Waals surface area contributed by atoms with Crippen LogP contribution in [-0.2, 0) is 16.1 Å². The summed E-state index contributed by atoms with van der Waals surface area (Å²) < 4.78 is 22.3. The van der Waals surface area contributed by atoms with Crippen molar-refractivity contribution in [2.45, 2.75) is 51.4 Å². The Bertz CT molecular complexity index is 957. The molecular weight excluding hydrogens is 462 g/mol. The maximum Gasteiger partial charge on any atom is 0.410 e. The summed E-state index contributed by atoms with van der Waals surface area (Å²) in [4.78, 5) is 13.9. The maximum absolute atomic E-state index is 12.5. The molecule has 1 fully saturated rings. The molecule has 0 aromatic heterocycles. The number of carbonyl (C=O) groups is 1. The van der Waals surface area contributed by atoms with E-state index < -0.39 is 17.8 Å². The fourth-order valence-corrected chi connectivity index (χ4v) is 4.41. The Labute approximate surface area is 213 Å². The molecule has 3 atom stereocenters. The van der Waals surface area contributed by atoms with E-state index in [4.69, 9.17) is 18.9 Å². The molecule has 1 amide bonds. The Morgan fingerprint density at radius 1 is 1.06 bits per heavy atom. The molecule has 2 aromatic carbocycles. The van der Waals surface area contributed by atoms with Crippen molar-refractivity contribution in [3.63, 3.8) is 0 Å². The predicted molar refractivity (Wildman–Crippen MR) is 136 cm³/mol. The summed E-state index contributed by atoms with van der Waals surface area (Å²) in [5.74, 6) is 0.960. The van der Waals surface area contributed by atoms with Crippen LogP contribution in [0.3, 0.4) is 0 Å². The Balaban J connectivity index is 1.46. The topological polar surface area (TPSA) is 97.7 Å². The van der Waals surface area contributed by atoms with Crippen LogP contribution in [-0.4, -0.2) is 72.9 Å². The molecule has 0 saturated carbocycles. The molecule has 8 nitrogen and oxygen atoms in total. The quantitative estimate of drug-likeness (QED) is 0.475. The van der Waals surface area contributed by atoms with Crippen molar-refractivity contribution < 1.29 is 34.0 Å². The second-order valence-corrected chi connectivity index (χ2v) is 10.1. The van der Waals surface area contributed by atoms with Crippen molar-refractivity contribution in [3.05, 3.63) is 59.7 Å². The number of benzene rings is 2. The number of ether oxygens (including phenoxy) is 4. The average Bonchev–Trinajstić information content (AvgIpc) is 2.85. The van der Waals surface area contributed by atoms with E-state index in [1.54, 1.807) is 27.9 Å². The first-order valence-corrected chi connectivity index (χ1v) is 12.4. The van der Waals surface area contributed by atoms with Crippen molar-refractivity contribution >= 4 is 6.09 Å². The molecule has 0 bridgehead atoms. The summed E-state index contributed by atoms with van der Waals surface area (Å²) >= 11 is 0. The minimum atomic E-state index is -0.810. The zero-order valence-electron chi connectivity index (χ0n) is 21.7. The first-order valence-electron chi connectivity index (χ1n) is 12.4. The van der Waals surface area contributed by atoms with Gasteiger partial charge in [-0.3, -0.25) is 0 Å². The second kappa shape index (κ2) is 12.9. The van der Waals surface area contributed by atoms with Gasteiger partial charge < -0.3 is 34.1 Å². The van der Waals surface area contributed by atoms with E-state index in [0.29, 0.717) is 26.4 Å². The predicted octanol–water partition coefficient (Wildman–Crippen LogP) is 3.98. The van der Waals surface area contributed by atoms with Crippen LogP contribution in [0, 0.1) is 5.92 Å². The van der Waals surface area contributed by atoms with Crippen molar-refractivity contribution in [2.75, 3.05) is 40.0 Å². The highest BCUT2D eigenvalue weighted by molar-refractivity contribution is 5.68. The Kier molecular flexibility index (Phi) is 9.98. The SMILES string of the molecule is COc1ccccc1COCCCOc1ccc([C@H]2[C@H](CO)CN(C(=O)OC(C)(C)C)C[C@@H]2O)cc1. The molecule has 3 rings (SSSR count). The molecule has 0 radical (unpaired) electrons. The van der Waals surface area contributed by atoms with E-state index in [0.717, 1.165) is 29.0 Å². The molecule has 2 N–H and O–H groups in total. The number of likely N-dealkylation sites (tertiary alicyclic amines) is 1. The summed E-state index contributed by atoms with van der Waals surface area (Å²) in [7, 11) is 1.65. The number of hydrogen-bond acceptors (Lipinski definition) is 7. The highest BCUT2D eigenvalue weighted by Crippen LogP contribution is 2.34. The van der Waals surface area contributed by atoms with Gasteiger partial charge in [0.15, 0.2) is 0 Å². The fourth-order valence-electron chi connectivity index (χ4n) is 4.41. The van der Waals surface area contributed by atoms with Crippen LogP contribution >= 0.6 is 0 Å². The maximum atomic E-state index is 12.5. The minimum Gasteiger partial charge on any atom is -0.496 e. The number of aliphatic hydroxyl groups is 2. The third kappa shape index (κ3) is 7.85. The number of methoxy groups -OCH3 is 1. The third-order valence-corrected chi connectivity index (χ3v) is 6.09. The van der Waals surface area contributed by atoms with Gasteiger partial charge in [-0.1, -0.05) is 30.3 Å². The molecule has 2 aromatic rings. The van der Waals surface area contributed by atoms with Crippen molar-refractivity contribution in [1.29, 1.82) is 0 Å². The van der Waals surface area contributed by atoms with E-state index in [-0.39, 0.29) is 25.0 Å². The Morgan fingerprint density at radius 3 is 2.44 bits per heavy atom. The number of β-amino-alcohol motifs (C(OH)–C–C–N with tert-alkyl or cyclic N) is 1. The van der Waals surface area contributed by atoms with Gasteiger partial charge in [-0.05, 0) is 44.5 Å². The van der Waals surface area contributed by atoms with Crippen molar-refractivity contribution in [3.8, 4) is 11.5 Å². The summed E-state index contributed by atoms with van der Waals surface area (Å²) in [6, 6.07) is 15.3. The Hall–Kier alpha value is -2.81. The molecule has 0 aliphatic carbocycles. The molecule has 36 heavy (non-hydrogen) atoms. The fraction of sp³-hybridized carbons (Fsp3) is 0.536. The first-order chi connectivity index (χ1) is 17.2. The van der Waals surface area contributed by atoms with Crippen LogP contribution in [0.1, 0.15) is 44.2 Å². The molecule has 8 heteroatoms. The normalized spacial score (nSPS) is 20.2. The first kappa shape index (κ1) is 27.8. The summed E-state index contributed by atoms with van der Waals surface area (Å²) in [6.45, 7) is 7.30. The molecule has 198 valence electrons. The van der Waals surface area contributed by atoms with Crippen LogP contribution in [0.4, 0.5) is 4.79 Å². The van der Waals surface area contributed by atoms with Crippen LogP contribution in [0.2, 0.25) is 0 Å². The molecular formula is C28H39NO7. The van der Waals surface area contributed by atoms with Gasteiger partial charge in [0.05, 0.1) is 39.6 Å². The highest BCUT2D eigenvalue weighted by atomic mass is 16.6. The molecule has 0 unspecified atom stereocenters. The van der Waals surface area contributed by atoms with Gasteiger partial charge in [-0.15, -0.1) is 0 Å². The number of piperidine rings is 1. The van der Waals surface area contributed by atoms with Crippen LogP contribution in [0.5, 0.6) is 11.5 Å². The monoisotopic (exact) mass is 501 g/mol. The number of hydrogen-bond donors (Lipinski definition) is 2.